The number of ether oxygens (including phenoxy) is 1. The van der Waals surface area contributed by atoms with Gasteiger partial charge in [-0.25, -0.2) is 8.78 Å². The molecular weight excluding hydrogens is 164 g/mol. The summed E-state index contributed by atoms with van der Waals surface area (Å²) in [7, 11) is 0. The summed E-state index contributed by atoms with van der Waals surface area (Å²) in [5, 5.41) is 3.20. The zero-order valence-corrected chi connectivity index (χ0v) is 6.85. The van der Waals surface area contributed by atoms with Gasteiger partial charge >= 0.3 is 0 Å². The molecule has 0 unspecified atom stereocenters. The Kier molecular flexibility index (Phi) is 2.04. The molecule has 12 heavy (non-hydrogen) atoms. The van der Waals surface area contributed by atoms with E-state index >= 15 is 0 Å². The van der Waals surface area contributed by atoms with Crippen molar-refractivity contribution in [3.8, 4) is 0 Å². The number of rotatable bonds is 0. The Labute approximate surface area is 70.3 Å². The molecule has 2 fully saturated rings. The first kappa shape index (κ1) is 8.38. The SMILES string of the molecule is FC1(F)CC[C@@H]2NCCO[C@@H]2C1. The zero-order valence-electron chi connectivity index (χ0n) is 6.85. The Morgan fingerprint density at radius 1 is 1.42 bits per heavy atom. The van der Waals surface area contributed by atoms with E-state index in [1.54, 1.807) is 0 Å². The third-order valence-electron chi connectivity index (χ3n) is 2.61. The molecule has 0 aromatic heterocycles. The molecule has 0 aromatic rings. The quantitative estimate of drug-likeness (QED) is 0.599. The van der Waals surface area contributed by atoms with Crippen LogP contribution in [0.5, 0.6) is 0 Å². The van der Waals surface area contributed by atoms with Crippen molar-refractivity contribution in [3.63, 3.8) is 0 Å². The van der Waals surface area contributed by atoms with Gasteiger partial charge in [0.1, 0.15) is 0 Å². The molecule has 1 aliphatic carbocycles. The highest BCUT2D eigenvalue weighted by Crippen LogP contribution is 2.35. The van der Waals surface area contributed by atoms with Gasteiger partial charge in [0.25, 0.3) is 5.92 Å². The van der Waals surface area contributed by atoms with Crippen LogP contribution in [0, 0.1) is 0 Å². The van der Waals surface area contributed by atoms with Crippen molar-refractivity contribution in [1.29, 1.82) is 0 Å². The van der Waals surface area contributed by atoms with E-state index in [9.17, 15) is 8.78 Å². The fourth-order valence-electron chi connectivity index (χ4n) is 1.95. The third-order valence-corrected chi connectivity index (χ3v) is 2.61. The second kappa shape index (κ2) is 2.92. The highest BCUT2D eigenvalue weighted by molar-refractivity contribution is 4.91. The Hall–Kier alpha value is -0.220. The van der Waals surface area contributed by atoms with Crippen molar-refractivity contribution in [2.75, 3.05) is 13.2 Å². The molecule has 0 bridgehead atoms. The van der Waals surface area contributed by atoms with E-state index in [1.807, 2.05) is 0 Å². The average Bonchev–Trinajstić information content (AvgIpc) is 2.02. The van der Waals surface area contributed by atoms with Crippen molar-refractivity contribution in [3.05, 3.63) is 0 Å². The van der Waals surface area contributed by atoms with Gasteiger partial charge in [-0.2, -0.15) is 0 Å². The van der Waals surface area contributed by atoms with Crippen molar-refractivity contribution < 1.29 is 13.5 Å². The topological polar surface area (TPSA) is 21.3 Å². The molecule has 0 radical (unpaired) electrons. The van der Waals surface area contributed by atoms with Gasteiger partial charge in [0.05, 0.1) is 12.7 Å². The first-order chi connectivity index (χ1) is 5.67. The Morgan fingerprint density at radius 2 is 2.25 bits per heavy atom. The predicted molar refractivity (Wildman–Crippen MR) is 40.3 cm³/mol. The lowest BCUT2D eigenvalue weighted by molar-refractivity contribution is -0.121. The molecule has 1 N–H and O–H groups in total. The second-order valence-electron chi connectivity index (χ2n) is 3.57. The molecule has 0 aromatic carbocycles. The molecule has 1 saturated carbocycles. The smallest absolute Gasteiger partial charge is 0.250 e. The average molecular weight is 177 g/mol. The summed E-state index contributed by atoms with van der Waals surface area (Å²) in [6.45, 7) is 1.37. The van der Waals surface area contributed by atoms with Crippen molar-refractivity contribution in [1.82, 2.24) is 5.32 Å². The molecule has 0 amide bonds. The van der Waals surface area contributed by atoms with Crippen molar-refractivity contribution in [2.45, 2.75) is 37.3 Å². The van der Waals surface area contributed by atoms with Crippen LogP contribution in [0.1, 0.15) is 19.3 Å². The standard InChI is InChI=1S/C8H13F2NO/c9-8(10)2-1-6-7(5-8)12-4-3-11-6/h6-7,11H,1-5H2/t6-,7+/m0/s1. The van der Waals surface area contributed by atoms with Crippen LogP contribution in [0.25, 0.3) is 0 Å². The van der Waals surface area contributed by atoms with E-state index in [1.165, 1.54) is 0 Å². The maximum atomic E-state index is 12.9. The summed E-state index contributed by atoms with van der Waals surface area (Å²) < 4.78 is 31.0. The first-order valence-electron chi connectivity index (χ1n) is 4.40. The van der Waals surface area contributed by atoms with E-state index in [0.717, 1.165) is 6.54 Å². The summed E-state index contributed by atoms with van der Waals surface area (Å²) in [6, 6.07) is 0.165. The van der Waals surface area contributed by atoms with Crippen LogP contribution in [-0.2, 0) is 4.74 Å². The molecule has 2 atom stereocenters. The summed E-state index contributed by atoms with van der Waals surface area (Å²) in [5.41, 5.74) is 0. The molecule has 70 valence electrons. The fourth-order valence-corrected chi connectivity index (χ4v) is 1.95. The molecule has 4 heteroatoms. The minimum absolute atomic E-state index is 0.00449. The van der Waals surface area contributed by atoms with Gasteiger partial charge in [0.2, 0.25) is 0 Å². The van der Waals surface area contributed by atoms with E-state index in [2.05, 4.69) is 5.32 Å². The largest absolute Gasteiger partial charge is 0.375 e. The fraction of sp³-hybridized carbons (Fsp3) is 1.00. The molecule has 2 nitrogen and oxygen atoms in total. The summed E-state index contributed by atoms with van der Waals surface area (Å²) in [5.74, 6) is -2.50. The van der Waals surface area contributed by atoms with Gasteiger partial charge in [-0.15, -0.1) is 0 Å². The highest BCUT2D eigenvalue weighted by Gasteiger charge is 2.42. The lowest BCUT2D eigenvalue weighted by Gasteiger charge is -2.39. The molecule has 1 saturated heterocycles. The zero-order chi connectivity index (χ0) is 8.60. The van der Waals surface area contributed by atoms with Crippen molar-refractivity contribution in [2.24, 2.45) is 0 Å². The van der Waals surface area contributed by atoms with Crippen LogP contribution < -0.4 is 5.32 Å². The Bertz CT molecular complexity index is 174. The van der Waals surface area contributed by atoms with Gasteiger partial charge in [-0.05, 0) is 6.42 Å². The highest BCUT2D eigenvalue weighted by atomic mass is 19.3. The molecule has 1 heterocycles. The van der Waals surface area contributed by atoms with Crippen LogP contribution in [0.2, 0.25) is 0 Å². The molecule has 1 aliphatic heterocycles. The van der Waals surface area contributed by atoms with Crippen molar-refractivity contribution >= 4 is 0 Å². The van der Waals surface area contributed by atoms with Crippen LogP contribution >= 0.6 is 0 Å². The normalized spacial score (nSPS) is 40.5. The number of nitrogens with one attached hydrogen (secondary N) is 1. The Balaban J connectivity index is 1.99. The van der Waals surface area contributed by atoms with Crippen LogP contribution in [-0.4, -0.2) is 31.2 Å². The van der Waals surface area contributed by atoms with E-state index in [0.29, 0.717) is 13.0 Å². The van der Waals surface area contributed by atoms with Crippen LogP contribution in [0.4, 0.5) is 8.78 Å². The second-order valence-corrected chi connectivity index (χ2v) is 3.57. The number of halogens is 2. The van der Waals surface area contributed by atoms with Gasteiger partial charge in [-0.3, -0.25) is 0 Å². The minimum atomic E-state index is -2.50. The maximum absolute atomic E-state index is 12.9. The monoisotopic (exact) mass is 177 g/mol. The van der Waals surface area contributed by atoms with Crippen LogP contribution in [0.3, 0.4) is 0 Å². The van der Waals surface area contributed by atoms with E-state index < -0.39 is 5.92 Å². The number of hydrogen-bond donors (Lipinski definition) is 1. The van der Waals surface area contributed by atoms with Crippen LogP contribution in [0.15, 0.2) is 0 Å². The molecular formula is C8H13F2NO. The third kappa shape index (κ3) is 1.59. The van der Waals surface area contributed by atoms with E-state index in [-0.39, 0.29) is 25.0 Å². The maximum Gasteiger partial charge on any atom is 0.250 e. The molecule has 2 aliphatic rings. The Morgan fingerprint density at radius 3 is 3.08 bits per heavy atom. The van der Waals surface area contributed by atoms with Gasteiger partial charge in [0.15, 0.2) is 0 Å². The summed E-state index contributed by atoms with van der Waals surface area (Å²) in [6.07, 6.45) is 0.176. The number of fused-ring (bicyclic) bond motifs is 1. The van der Waals surface area contributed by atoms with Gasteiger partial charge in [-0.1, -0.05) is 0 Å². The molecule has 2 rings (SSSR count). The summed E-state index contributed by atoms with van der Waals surface area (Å²) >= 11 is 0. The van der Waals surface area contributed by atoms with Gasteiger partial charge in [0, 0.05) is 25.4 Å². The first-order valence-corrected chi connectivity index (χ1v) is 4.40. The minimum Gasteiger partial charge on any atom is -0.375 e. The number of alkyl halides is 2. The predicted octanol–water partition coefficient (Wildman–Crippen LogP) is 1.16. The number of morpholine rings is 1. The lowest BCUT2D eigenvalue weighted by Crippen LogP contribution is -2.53. The number of hydrogen-bond acceptors (Lipinski definition) is 2. The van der Waals surface area contributed by atoms with Gasteiger partial charge < -0.3 is 10.1 Å². The summed E-state index contributed by atoms with van der Waals surface area (Å²) in [4.78, 5) is 0. The lowest BCUT2D eigenvalue weighted by atomic mass is 9.89. The molecule has 0 spiro atoms. The van der Waals surface area contributed by atoms with E-state index in [4.69, 9.17) is 4.74 Å².